The number of nitrogens with zero attached hydrogens (tertiary/aromatic N) is 4. The van der Waals surface area contributed by atoms with Crippen molar-refractivity contribution in [3.05, 3.63) is 35.6 Å². The first kappa shape index (κ1) is 18.6. The van der Waals surface area contributed by atoms with Gasteiger partial charge in [0.05, 0.1) is 0 Å². The lowest BCUT2D eigenvalue weighted by Crippen LogP contribution is -2.30. The number of likely N-dealkylation sites (N-methyl/N-ethyl adjacent to an activating group) is 1. The van der Waals surface area contributed by atoms with E-state index in [0.29, 0.717) is 10.7 Å². The highest BCUT2D eigenvalue weighted by molar-refractivity contribution is 6.30. The highest BCUT2D eigenvalue weighted by atomic mass is 35.5. The van der Waals surface area contributed by atoms with Crippen LogP contribution < -0.4 is 5.32 Å². The van der Waals surface area contributed by atoms with E-state index in [2.05, 4.69) is 39.2 Å². The standard InChI is InChI=1S/C19H24ClN5O/c1-3-5-11-25(4-2)12-10-21-18-16-17(14-6-8-15(20)9-7-14)24-26-19(16)23-13-22-18/h6-9,13H,3-5,10-12H2,1-2H3,(H,21,22,23). The number of rotatable bonds is 9. The van der Waals surface area contributed by atoms with Gasteiger partial charge in [-0.2, -0.15) is 4.98 Å². The van der Waals surface area contributed by atoms with Crippen molar-refractivity contribution in [2.24, 2.45) is 0 Å². The van der Waals surface area contributed by atoms with Gasteiger partial charge in [-0.05, 0) is 31.6 Å². The summed E-state index contributed by atoms with van der Waals surface area (Å²) in [6.07, 6.45) is 3.93. The Labute approximate surface area is 158 Å². The number of anilines is 1. The molecule has 6 nitrogen and oxygen atoms in total. The Bertz CT molecular complexity index is 834. The first-order valence-electron chi connectivity index (χ1n) is 9.05. The zero-order valence-corrected chi connectivity index (χ0v) is 16.0. The number of halogens is 1. The number of hydrogen-bond acceptors (Lipinski definition) is 6. The molecule has 0 atom stereocenters. The van der Waals surface area contributed by atoms with Crippen molar-refractivity contribution >= 4 is 28.5 Å². The van der Waals surface area contributed by atoms with Crippen LogP contribution in [-0.4, -0.2) is 46.2 Å². The SMILES string of the molecule is CCCCN(CC)CCNc1ncnc2onc(-c3ccc(Cl)cc3)c12. The largest absolute Gasteiger partial charge is 0.368 e. The van der Waals surface area contributed by atoms with Gasteiger partial charge in [0, 0.05) is 23.7 Å². The fraction of sp³-hybridized carbons (Fsp3) is 0.421. The van der Waals surface area contributed by atoms with E-state index in [4.69, 9.17) is 16.1 Å². The summed E-state index contributed by atoms with van der Waals surface area (Å²) in [6, 6.07) is 7.50. The first-order chi connectivity index (χ1) is 12.7. The van der Waals surface area contributed by atoms with E-state index in [9.17, 15) is 0 Å². The molecular formula is C19H24ClN5O. The summed E-state index contributed by atoms with van der Waals surface area (Å²) in [5.74, 6) is 0.743. The van der Waals surface area contributed by atoms with Crippen molar-refractivity contribution < 1.29 is 4.52 Å². The number of aromatic nitrogens is 3. The minimum Gasteiger partial charge on any atom is -0.368 e. The van der Waals surface area contributed by atoms with E-state index < -0.39 is 0 Å². The summed E-state index contributed by atoms with van der Waals surface area (Å²) < 4.78 is 5.39. The Hall–Kier alpha value is -2.18. The first-order valence-corrected chi connectivity index (χ1v) is 9.43. The lowest BCUT2D eigenvalue weighted by Gasteiger charge is -2.20. The van der Waals surface area contributed by atoms with E-state index in [1.807, 2.05) is 24.3 Å². The summed E-state index contributed by atoms with van der Waals surface area (Å²) in [5, 5.41) is 9.08. The predicted molar refractivity (Wildman–Crippen MR) is 106 cm³/mol. The van der Waals surface area contributed by atoms with Gasteiger partial charge in [-0.3, -0.25) is 0 Å². The molecule has 0 radical (unpaired) electrons. The maximum atomic E-state index is 5.99. The molecule has 0 saturated heterocycles. The Morgan fingerprint density at radius 3 is 2.65 bits per heavy atom. The molecule has 2 heterocycles. The second-order valence-corrected chi connectivity index (χ2v) is 6.59. The van der Waals surface area contributed by atoms with Crippen LogP contribution in [0.2, 0.25) is 5.02 Å². The number of nitrogens with one attached hydrogen (secondary N) is 1. The molecule has 1 aromatic carbocycles. The van der Waals surface area contributed by atoms with E-state index >= 15 is 0 Å². The normalized spacial score (nSPS) is 11.4. The molecule has 0 bridgehead atoms. The molecule has 0 amide bonds. The molecule has 0 fully saturated rings. The van der Waals surface area contributed by atoms with E-state index in [1.165, 1.54) is 19.2 Å². The fourth-order valence-corrected chi connectivity index (χ4v) is 2.99. The number of benzene rings is 1. The minimum absolute atomic E-state index is 0.478. The second-order valence-electron chi connectivity index (χ2n) is 6.16. The van der Waals surface area contributed by atoms with Crippen molar-refractivity contribution in [3.63, 3.8) is 0 Å². The molecule has 1 N–H and O–H groups in total. The van der Waals surface area contributed by atoms with Crippen LogP contribution in [0.25, 0.3) is 22.4 Å². The summed E-state index contributed by atoms with van der Waals surface area (Å²) >= 11 is 5.99. The second kappa shape index (κ2) is 8.96. The molecule has 0 spiro atoms. The number of unbranched alkanes of at least 4 members (excludes halogenated alkanes) is 1. The van der Waals surface area contributed by atoms with Crippen LogP contribution >= 0.6 is 11.6 Å². The maximum Gasteiger partial charge on any atom is 0.263 e. The summed E-state index contributed by atoms with van der Waals surface area (Å²) in [7, 11) is 0. The van der Waals surface area contributed by atoms with Crippen molar-refractivity contribution in [2.45, 2.75) is 26.7 Å². The van der Waals surface area contributed by atoms with Gasteiger partial charge in [0.2, 0.25) is 0 Å². The van der Waals surface area contributed by atoms with Crippen LogP contribution in [0.15, 0.2) is 35.1 Å². The quantitative estimate of drug-likeness (QED) is 0.596. The van der Waals surface area contributed by atoms with Crippen LogP contribution in [0.4, 0.5) is 5.82 Å². The molecule has 0 aliphatic carbocycles. The molecule has 3 aromatic rings. The minimum atomic E-state index is 0.478. The summed E-state index contributed by atoms with van der Waals surface area (Å²) in [6.45, 7) is 8.34. The average molecular weight is 374 g/mol. The smallest absolute Gasteiger partial charge is 0.263 e. The van der Waals surface area contributed by atoms with Gasteiger partial charge in [0.1, 0.15) is 23.2 Å². The van der Waals surface area contributed by atoms with Gasteiger partial charge in [-0.15, -0.1) is 0 Å². The van der Waals surface area contributed by atoms with Crippen LogP contribution in [0.1, 0.15) is 26.7 Å². The molecule has 0 unspecified atom stereocenters. The summed E-state index contributed by atoms with van der Waals surface area (Å²) in [4.78, 5) is 11.0. The highest BCUT2D eigenvalue weighted by Crippen LogP contribution is 2.31. The fourth-order valence-electron chi connectivity index (χ4n) is 2.87. The van der Waals surface area contributed by atoms with E-state index in [1.54, 1.807) is 0 Å². The van der Waals surface area contributed by atoms with Crippen LogP contribution in [-0.2, 0) is 0 Å². The molecular weight excluding hydrogens is 350 g/mol. The molecule has 0 aliphatic heterocycles. The Balaban J connectivity index is 1.78. The predicted octanol–water partition coefficient (Wildman–Crippen LogP) is 4.47. The number of fused-ring (bicyclic) bond motifs is 1. The summed E-state index contributed by atoms with van der Waals surface area (Å²) in [5.41, 5.74) is 2.12. The Morgan fingerprint density at radius 1 is 1.12 bits per heavy atom. The molecule has 0 saturated carbocycles. The average Bonchev–Trinajstić information content (AvgIpc) is 3.10. The van der Waals surface area contributed by atoms with Gasteiger partial charge in [-0.1, -0.05) is 49.2 Å². The Morgan fingerprint density at radius 2 is 1.92 bits per heavy atom. The van der Waals surface area contributed by atoms with Crippen molar-refractivity contribution in [2.75, 3.05) is 31.5 Å². The molecule has 3 rings (SSSR count). The third-order valence-electron chi connectivity index (χ3n) is 4.39. The lowest BCUT2D eigenvalue weighted by molar-refractivity contribution is 0.294. The van der Waals surface area contributed by atoms with Gasteiger partial charge in [0.15, 0.2) is 0 Å². The molecule has 0 aliphatic rings. The van der Waals surface area contributed by atoms with E-state index in [-0.39, 0.29) is 0 Å². The molecule has 7 heteroatoms. The monoisotopic (exact) mass is 373 g/mol. The van der Waals surface area contributed by atoms with Crippen LogP contribution in [0.3, 0.4) is 0 Å². The highest BCUT2D eigenvalue weighted by Gasteiger charge is 2.16. The van der Waals surface area contributed by atoms with Gasteiger partial charge >= 0.3 is 0 Å². The Kier molecular flexibility index (Phi) is 6.41. The van der Waals surface area contributed by atoms with Gasteiger partial charge in [-0.25, -0.2) is 4.98 Å². The third kappa shape index (κ3) is 4.31. The van der Waals surface area contributed by atoms with E-state index in [0.717, 1.165) is 48.6 Å². The molecule has 2 aromatic heterocycles. The third-order valence-corrected chi connectivity index (χ3v) is 4.64. The van der Waals surface area contributed by atoms with Crippen LogP contribution in [0.5, 0.6) is 0 Å². The van der Waals surface area contributed by atoms with Gasteiger partial charge in [0.25, 0.3) is 5.71 Å². The van der Waals surface area contributed by atoms with Gasteiger partial charge < -0.3 is 14.7 Å². The lowest BCUT2D eigenvalue weighted by atomic mass is 10.1. The topological polar surface area (TPSA) is 67.1 Å². The van der Waals surface area contributed by atoms with Crippen LogP contribution in [0, 0.1) is 0 Å². The van der Waals surface area contributed by atoms with Crippen molar-refractivity contribution in [1.29, 1.82) is 0 Å². The zero-order valence-electron chi connectivity index (χ0n) is 15.2. The molecule has 26 heavy (non-hydrogen) atoms. The van der Waals surface area contributed by atoms with Crippen molar-refractivity contribution in [1.82, 2.24) is 20.0 Å². The van der Waals surface area contributed by atoms with Crippen molar-refractivity contribution in [3.8, 4) is 11.3 Å². The maximum absolute atomic E-state index is 5.99. The number of hydrogen-bond donors (Lipinski definition) is 1. The molecule has 138 valence electrons. The zero-order chi connectivity index (χ0) is 18.4.